The first-order valence-corrected chi connectivity index (χ1v) is 7.93. The average molecular weight is 295 g/mol. The van der Waals surface area contributed by atoms with Crippen LogP contribution in [-0.2, 0) is 9.53 Å². The minimum absolute atomic E-state index is 0.104. The molecule has 5 heteroatoms. The molecule has 0 radical (unpaired) electrons. The molecule has 1 rings (SSSR count). The number of nitrogens with zero attached hydrogens (tertiary/aromatic N) is 3. The van der Waals surface area contributed by atoms with Crippen LogP contribution in [0.25, 0.3) is 0 Å². The lowest BCUT2D eigenvalue weighted by Crippen LogP contribution is -2.49. The van der Waals surface area contributed by atoms with Gasteiger partial charge in [0, 0.05) is 33.3 Å². The zero-order valence-electron chi connectivity index (χ0n) is 13.8. The Bertz CT molecular complexity index is 357. The van der Waals surface area contributed by atoms with E-state index >= 15 is 0 Å². The van der Waals surface area contributed by atoms with E-state index in [1.807, 2.05) is 6.92 Å². The van der Waals surface area contributed by atoms with Gasteiger partial charge in [-0.2, -0.15) is 5.26 Å². The molecule has 1 atom stereocenters. The van der Waals surface area contributed by atoms with Crippen LogP contribution in [0.4, 0.5) is 0 Å². The summed E-state index contributed by atoms with van der Waals surface area (Å²) < 4.78 is 5.88. The molecule has 0 aromatic carbocycles. The lowest BCUT2D eigenvalue weighted by Gasteiger charge is -2.36. The van der Waals surface area contributed by atoms with Crippen molar-refractivity contribution in [2.75, 3.05) is 33.3 Å². The normalized spacial score (nSPS) is 18.5. The number of piperidine rings is 1. The fourth-order valence-electron chi connectivity index (χ4n) is 2.56. The molecule has 0 spiro atoms. The second kappa shape index (κ2) is 9.01. The summed E-state index contributed by atoms with van der Waals surface area (Å²) in [6.45, 7) is 9.41. The number of carbonyl (C=O) groups is 1. The lowest BCUT2D eigenvalue weighted by atomic mass is 10.1. The number of hydrogen-bond acceptors (Lipinski definition) is 4. The number of likely N-dealkylation sites (tertiary alicyclic amines) is 1. The van der Waals surface area contributed by atoms with Gasteiger partial charge in [0.05, 0.1) is 24.6 Å². The Labute approximate surface area is 128 Å². The van der Waals surface area contributed by atoms with Crippen LogP contribution in [0, 0.1) is 17.2 Å². The van der Waals surface area contributed by atoms with Crippen molar-refractivity contribution in [1.82, 2.24) is 9.80 Å². The molecule has 1 saturated heterocycles. The minimum atomic E-state index is -0.111. The summed E-state index contributed by atoms with van der Waals surface area (Å²) in [6.07, 6.45) is 2.71. The highest BCUT2D eigenvalue weighted by molar-refractivity contribution is 5.81. The molecule has 1 unspecified atom stereocenters. The highest BCUT2D eigenvalue weighted by atomic mass is 16.5. The van der Waals surface area contributed by atoms with E-state index in [9.17, 15) is 4.79 Å². The fourth-order valence-corrected chi connectivity index (χ4v) is 2.56. The SMILES string of the molecule is CC(C)COC1CCN(C(C)C(=O)N(C)CCC#N)CC1. The molecule has 1 heterocycles. The van der Waals surface area contributed by atoms with E-state index in [1.165, 1.54) is 0 Å². The summed E-state index contributed by atoms with van der Waals surface area (Å²) in [4.78, 5) is 16.2. The van der Waals surface area contributed by atoms with E-state index in [-0.39, 0.29) is 11.9 Å². The van der Waals surface area contributed by atoms with Crippen LogP contribution in [-0.4, -0.2) is 61.1 Å². The maximum Gasteiger partial charge on any atom is 0.239 e. The molecule has 1 fully saturated rings. The van der Waals surface area contributed by atoms with E-state index < -0.39 is 0 Å². The van der Waals surface area contributed by atoms with Gasteiger partial charge in [0.1, 0.15) is 0 Å². The summed E-state index contributed by atoms with van der Waals surface area (Å²) in [7, 11) is 1.77. The fraction of sp³-hybridized carbons (Fsp3) is 0.875. The van der Waals surface area contributed by atoms with Crippen molar-refractivity contribution in [3.05, 3.63) is 0 Å². The Morgan fingerprint density at radius 1 is 1.38 bits per heavy atom. The topological polar surface area (TPSA) is 56.6 Å². The third-order valence-corrected chi connectivity index (χ3v) is 3.98. The Balaban J connectivity index is 2.35. The van der Waals surface area contributed by atoms with Crippen molar-refractivity contribution in [3.8, 4) is 6.07 Å². The molecule has 0 N–H and O–H groups in total. The Kier molecular flexibility index (Phi) is 7.69. The van der Waals surface area contributed by atoms with Crippen LogP contribution in [0.5, 0.6) is 0 Å². The molecule has 0 bridgehead atoms. The van der Waals surface area contributed by atoms with Gasteiger partial charge in [-0.25, -0.2) is 0 Å². The number of nitriles is 1. The lowest BCUT2D eigenvalue weighted by molar-refractivity contribution is -0.136. The molecule has 0 aromatic heterocycles. The highest BCUT2D eigenvalue weighted by Gasteiger charge is 2.28. The molecule has 0 aromatic rings. The van der Waals surface area contributed by atoms with Gasteiger partial charge < -0.3 is 9.64 Å². The number of amides is 1. The Morgan fingerprint density at radius 3 is 2.52 bits per heavy atom. The first-order valence-electron chi connectivity index (χ1n) is 7.93. The Morgan fingerprint density at radius 2 is 2.00 bits per heavy atom. The first kappa shape index (κ1) is 17.9. The van der Waals surface area contributed by atoms with E-state index in [1.54, 1.807) is 11.9 Å². The second-order valence-corrected chi connectivity index (χ2v) is 6.31. The van der Waals surface area contributed by atoms with Crippen LogP contribution in [0.15, 0.2) is 0 Å². The van der Waals surface area contributed by atoms with Gasteiger partial charge >= 0.3 is 0 Å². The number of rotatable bonds is 7. The Hall–Kier alpha value is -1.12. The van der Waals surface area contributed by atoms with Crippen molar-refractivity contribution in [2.45, 2.75) is 52.2 Å². The molecule has 21 heavy (non-hydrogen) atoms. The van der Waals surface area contributed by atoms with E-state index in [0.29, 0.717) is 25.0 Å². The number of ether oxygens (including phenoxy) is 1. The molecule has 0 aliphatic carbocycles. The zero-order chi connectivity index (χ0) is 15.8. The number of likely N-dealkylation sites (N-methyl/N-ethyl adjacent to an activating group) is 1. The van der Waals surface area contributed by atoms with Gasteiger partial charge in [0.15, 0.2) is 0 Å². The highest BCUT2D eigenvalue weighted by Crippen LogP contribution is 2.17. The molecular weight excluding hydrogens is 266 g/mol. The molecule has 120 valence electrons. The molecule has 1 aliphatic heterocycles. The van der Waals surface area contributed by atoms with Crippen molar-refractivity contribution >= 4 is 5.91 Å². The maximum absolute atomic E-state index is 12.3. The van der Waals surface area contributed by atoms with Crippen LogP contribution in [0.3, 0.4) is 0 Å². The van der Waals surface area contributed by atoms with Gasteiger partial charge in [-0.1, -0.05) is 13.8 Å². The quantitative estimate of drug-likeness (QED) is 0.719. The van der Waals surface area contributed by atoms with Gasteiger partial charge in [-0.05, 0) is 25.7 Å². The maximum atomic E-state index is 12.3. The predicted molar refractivity (Wildman–Crippen MR) is 82.7 cm³/mol. The molecular formula is C16H29N3O2. The molecule has 1 aliphatic rings. The minimum Gasteiger partial charge on any atom is -0.378 e. The van der Waals surface area contributed by atoms with Crippen LogP contribution >= 0.6 is 0 Å². The van der Waals surface area contributed by atoms with Gasteiger partial charge in [-0.15, -0.1) is 0 Å². The van der Waals surface area contributed by atoms with Crippen molar-refractivity contribution in [3.63, 3.8) is 0 Å². The van der Waals surface area contributed by atoms with Gasteiger partial charge in [0.2, 0.25) is 5.91 Å². The first-order chi connectivity index (χ1) is 9.95. The van der Waals surface area contributed by atoms with Gasteiger partial charge in [0.25, 0.3) is 0 Å². The second-order valence-electron chi connectivity index (χ2n) is 6.31. The summed E-state index contributed by atoms with van der Waals surface area (Å²) in [6, 6.07) is 1.97. The van der Waals surface area contributed by atoms with E-state index in [0.717, 1.165) is 32.5 Å². The number of hydrogen-bond donors (Lipinski definition) is 0. The van der Waals surface area contributed by atoms with Crippen molar-refractivity contribution in [2.24, 2.45) is 5.92 Å². The predicted octanol–water partition coefficient (Wildman–Crippen LogP) is 1.88. The molecule has 0 saturated carbocycles. The summed E-state index contributed by atoms with van der Waals surface area (Å²) in [5.74, 6) is 0.670. The van der Waals surface area contributed by atoms with Crippen LogP contribution < -0.4 is 0 Å². The standard InChI is InChI=1S/C16H29N3O2/c1-13(2)12-21-15-6-10-19(11-7-15)14(3)16(20)18(4)9-5-8-17/h13-15H,5-7,9-12H2,1-4H3. The summed E-state index contributed by atoms with van der Waals surface area (Å²) in [5, 5.41) is 8.59. The van der Waals surface area contributed by atoms with E-state index in [4.69, 9.17) is 10.00 Å². The smallest absolute Gasteiger partial charge is 0.239 e. The third-order valence-electron chi connectivity index (χ3n) is 3.98. The molecule has 1 amide bonds. The van der Waals surface area contributed by atoms with Crippen molar-refractivity contribution < 1.29 is 9.53 Å². The van der Waals surface area contributed by atoms with Crippen LogP contribution in [0.2, 0.25) is 0 Å². The zero-order valence-corrected chi connectivity index (χ0v) is 13.8. The van der Waals surface area contributed by atoms with Crippen LogP contribution in [0.1, 0.15) is 40.0 Å². The van der Waals surface area contributed by atoms with E-state index in [2.05, 4.69) is 24.8 Å². The third kappa shape index (κ3) is 6.03. The summed E-state index contributed by atoms with van der Waals surface area (Å²) in [5.41, 5.74) is 0. The van der Waals surface area contributed by atoms with Crippen molar-refractivity contribution in [1.29, 1.82) is 5.26 Å². The van der Waals surface area contributed by atoms with Gasteiger partial charge in [-0.3, -0.25) is 9.69 Å². The monoisotopic (exact) mass is 295 g/mol. The molecule has 5 nitrogen and oxygen atoms in total. The number of carbonyl (C=O) groups excluding carboxylic acids is 1. The summed E-state index contributed by atoms with van der Waals surface area (Å²) >= 11 is 0. The average Bonchev–Trinajstić information content (AvgIpc) is 2.49. The largest absolute Gasteiger partial charge is 0.378 e.